The second-order valence-electron chi connectivity index (χ2n) is 16.3. The van der Waals surface area contributed by atoms with E-state index in [1.807, 2.05) is 0 Å². The number of allylic oxidation sites excluding steroid dienone is 4. The van der Waals surface area contributed by atoms with Gasteiger partial charge < -0.3 is 28.5 Å². The Balaban J connectivity index is 4.40. The van der Waals surface area contributed by atoms with Crippen molar-refractivity contribution < 1.29 is 38.1 Å². The SMILES string of the molecule is CCCCCCCCC=CCCCCCCCC(=O)OCC(C[N+](C)(C)CCOCCOCCO)OC(=O)CCCCCCCC=CCCCCCCCC. The number of likely N-dealkylation sites (N-methyl/N-ethyl adjacent to an activating group) is 1. The smallest absolute Gasteiger partial charge is 0.306 e. The van der Waals surface area contributed by atoms with Gasteiger partial charge in [0, 0.05) is 12.8 Å². The van der Waals surface area contributed by atoms with Gasteiger partial charge in [-0.1, -0.05) is 141 Å². The third-order valence-corrected chi connectivity index (χ3v) is 10.2. The summed E-state index contributed by atoms with van der Waals surface area (Å²) in [5.41, 5.74) is 0. The Labute approximate surface area is 340 Å². The van der Waals surface area contributed by atoms with Gasteiger partial charge in [0.15, 0.2) is 6.10 Å². The van der Waals surface area contributed by atoms with Crippen LogP contribution in [0.15, 0.2) is 24.3 Å². The van der Waals surface area contributed by atoms with Gasteiger partial charge in [-0.05, 0) is 64.2 Å². The van der Waals surface area contributed by atoms with E-state index >= 15 is 0 Å². The fraction of sp³-hybridized carbons (Fsp3) is 0.872. The molecule has 0 aliphatic rings. The lowest BCUT2D eigenvalue weighted by atomic mass is 10.1. The van der Waals surface area contributed by atoms with Gasteiger partial charge in [-0.15, -0.1) is 0 Å². The highest BCUT2D eigenvalue weighted by Gasteiger charge is 2.26. The number of carbonyl (C=O) groups excluding carboxylic acids is 2. The highest BCUT2D eigenvalue weighted by atomic mass is 16.6. The number of quaternary nitrogens is 1. The van der Waals surface area contributed by atoms with Crippen molar-refractivity contribution in [3.05, 3.63) is 24.3 Å². The number of hydrogen-bond acceptors (Lipinski definition) is 7. The number of carbonyl (C=O) groups is 2. The Morgan fingerprint density at radius 2 is 0.927 bits per heavy atom. The Morgan fingerprint density at radius 3 is 1.38 bits per heavy atom. The quantitative estimate of drug-likeness (QED) is 0.0285. The summed E-state index contributed by atoms with van der Waals surface area (Å²) in [5.74, 6) is -0.430. The molecule has 0 saturated carbocycles. The number of nitrogens with zero attached hydrogens (tertiary/aromatic N) is 1. The molecule has 0 fully saturated rings. The van der Waals surface area contributed by atoms with Crippen LogP contribution in [0.1, 0.15) is 194 Å². The molecule has 0 bridgehead atoms. The molecule has 8 nitrogen and oxygen atoms in total. The maximum absolute atomic E-state index is 12.9. The van der Waals surface area contributed by atoms with E-state index in [1.54, 1.807) is 0 Å². The molecule has 0 radical (unpaired) electrons. The van der Waals surface area contributed by atoms with E-state index < -0.39 is 6.10 Å². The average Bonchev–Trinajstić information content (AvgIpc) is 3.16. The minimum Gasteiger partial charge on any atom is -0.461 e. The first kappa shape index (κ1) is 53.3. The Hall–Kier alpha value is -1.74. The molecule has 1 N–H and O–H groups in total. The molecule has 0 aromatic heterocycles. The van der Waals surface area contributed by atoms with Gasteiger partial charge in [-0.25, -0.2) is 0 Å². The van der Waals surface area contributed by atoms with Crippen LogP contribution in [0, 0.1) is 0 Å². The molecule has 0 aliphatic carbocycles. The molecule has 324 valence electrons. The predicted molar refractivity (Wildman–Crippen MR) is 230 cm³/mol. The minimum absolute atomic E-state index is 0.00331. The molecular weight excluding hydrogens is 691 g/mol. The molecular formula is C47H90NO7+. The van der Waals surface area contributed by atoms with Crippen molar-refractivity contribution in [2.45, 2.75) is 200 Å². The molecule has 8 heteroatoms. The predicted octanol–water partition coefficient (Wildman–Crippen LogP) is 11.6. The summed E-state index contributed by atoms with van der Waals surface area (Å²) >= 11 is 0. The second-order valence-corrected chi connectivity index (χ2v) is 16.3. The minimum atomic E-state index is -0.503. The van der Waals surface area contributed by atoms with Gasteiger partial charge >= 0.3 is 11.9 Å². The van der Waals surface area contributed by atoms with E-state index in [2.05, 4.69) is 52.2 Å². The van der Waals surface area contributed by atoms with Gasteiger partial charge in [0.1, 0.15) is 19.7 Å². The number of hydrogen-bond donors (Lipinski definition) is 1. The van der Waals surface area contributed by atoms with Gasteiger partial charge in [-0.2, -0.15) is 0 Å². The third-order valence-electron chi connectivity index (χ3n) is 10.2. The lowest BCUT2D eigenvalue weighted by Gasteiger charge is -2.33. The van der Waals surface area contributed by atoms with Crippen LogP contribution in [0.5, 0.6) is 0 Å². The zero-order valence-electron chi connectivity index (χ0n) is 36.7. The second kappa shape index (κ2) is 41.9. The topological polar surface area (TPSA) is 91.3 Å². The summed E-state index contributed by atoms with van der Waals surface area (Å²) in [6, 6.07) is 0. The number of esters is 2. The zero-order valence-corrected chi connectivity index (χ0v) is 36.7. The van der Waals surface area contributed by atoms with Crippen LogP contribution in [-0.4, -0.2) is 94.5 Å². The average molecular weight is 781 g/mol. The number of aliphatic hydroxyl groups excluding tert-OH is 1. The van der Waals surface area contributed by atoms with Crippen molar-refractivity contribution in [3.8, 4) is 0 Å². The van der Waals surface area contributed by atoms with Crippen molar-refractivity contribution in [2.24, 2.45) is 0 Å². The highest BCUT2D eigenvalue weighted by molar-refractivity contribution is 5.70. The first-order valence-corrected chi connectivity index (χ1v) is 23.1. The molecule has 1 atom stereocenters. The van der Waals surface area contributed by atoms with Crippen LogP contribution in [0.3, 0.4) is 0 Å². The molecule has 0 amide bonds. The Morgan fingerprint density at radius 1 is 0.527 bits per heavy atom. The van der Waals surface area contributed by atoms with Crippen molar-refractivity contribution >= 4 is 11.9 Å². The molecule has 0 saturated heterocycles. The van der Waals surface area contributed by atoms with Crippen molar-refractivity contribution in [3.63, 3.8) is 0 Å². The summed E-state index contributed by atoms with van der Waals surface area (Å²) in [7, 11) is 4.15. The van der Waals surface area contributed by atoms with E-state index in [9.17, 15) is 9.59 Å². The van der Waals surface area contributed by atoms with Gasteiger partial charge in [0.25, 0.3) is 0 Å². The summed E-state index contributed by atoms with van der Waals surface area (Å²) in [6.45, 7) is 7.60. The summed E-state index contributed by atoms with van der Waals surface area (Å²) in [5, 5.41) is 8.85. The first-order chi connectivity index (χ1) is 26.8. The molecule has 0 spiro atoms. The normalized spacial score (nSPS) is 12.6. The Bertz CT molecular complexity index is 891. The van der Waals surface area contributed by atoms with E-state index in [0.29, 0.717) is 56.8 Å². The van der Waals surface area contributed by atoms with Gasteiger partial charge in [0.2, 0.25) is 0 Å². The fourth-order valence-corrected chi connectivity index (χ4v) is 6.65. The van der Waals surface area contributed by atoms with Crippen LogP contribution in [0.4, 0.5) is 0 Å². The molecule has 55 heavy (non-hydrogen) atoms. The first-order valence-electron chi connectivity index (χ1n) is 23.1. The maximum Gasteiger partial charge on any atom is 0.306 e. The largest absolute Gasteiger partial charge is 0.461 e. The van der Waals surface area contributed by atoms with Gasteiger partial charge in [-0.3, -0.25) is 9.59 Å². The van der Waals surface area contributed by atoms with Crippen LogP contribution < -0.4 is 0 Å². The van der Waals surface area contributed by atoms with Gasteiger partial charge in [0.05, 0.1) is 47.1 Å². The monoisotopic (exact) mass is 781 g/mol. The molecule has 0 aliphatic heterocycles. The van der Waals surface area contributed by atoms with E-state index in [0.717, 1.165) is 51.4 Å². The molecule has 0 rings (SSSR count). The zero-order chi connectivity index (χ0) is 40.3. The van der Waals surface area contributed by atoms with Crippen molar-refractivity contribution in [1.82, 2.24) is 0 Å². The highest BCUT2D eigenvalue weighted by Crippen LogP contribution is 2.14. The summed E-state index contributed by atoms with van der Waals surface area (Å²) in [4.78, 5) is 25.5. The fourth-order valence-electron chi connectivity index (χ4n) is 6.65. The molecule has 1 unspecified atom stereocenters. The Kier molecular flexibility index (Phi) is 40.6. The van der Waals surface area contributed by atoms with Crippen LogP contribution >= 0.6 is 0 Å². The molecule has 0 aromatic carbocycles. The summed E-state index contributed by atoms with van der Waals surface area (Å²) < 4.78 is 23.1. The van der Waals surface area contributed by atoms with E-state index in [4.69, 9.17) is 24.1 Å². The standard InChI is InChI=1S/C47H90NO7/c1-5-7-9-11-13-15-17-19-21-23-25-27-29-31-33-35-46(50)54-44-45(43-48(3,4)37-39-52-41-42-53-40-38-49)55-47(51)36-34-32-30-28-26-24-22-20-18-16-14-12-10-8-6-2/h19-22,45,49H,5-18,23-44H2,1-4H3/q+1. The van der Waals surface area contributed by atoms with E-state index in [-0.39, 0.29) is 25.2 Å². The lowest BCUT2D eigenvalue weighted by molar-refractivity contribution is -0.893. The summed E-state index contributed by atoms with van der Waals surface area (Å²) in [6.07, 6.45) is 41.3. The number of rotatable bonds is 43. The van der Waals surface area contributed by atoms with Crippen molar-refractivity contribution in [2.75, 3.05) is 66.8 Å². The molecule has 0 aromatic rings. The molecule has 0 heterocycles. The third kappa shape index (κ3) is 41.7. The van der Waals surface area contributed by atoms with Crippen LogP contribution in [-0.2, 0) is 28.5 Å². The van der Waals surface area contributed by atoms with E-state index in [1.165, 1.54) is 116 Å². The number of aliphatic hydroxyl groups is 1. The number of unbranched alkanes of at least 4 members (excludes halogenated alkanes) is 22. The maximum atomic E-state index is 12.9. The van der Waals surface area contributed by atoms with Crippen LogP contribution in [0.25, 0.3) is 0 Å². The number of ether oxygens (including phenoxy) is 4. The van der Waals surface area contributed by atoms with Crippen molar-refractivity contribution in [1.29, 1.82) is 0 Å². The van der Waals surface area contributed by atoms with Crippen LogP contribution in [0.2, 0.25) is 0 Å². The lowest BCUT2D eigenvalue weighted by Crippen LogP contribution is -2.49.